The van der Waals surface area contributed by atoms with Crippen molar-refractivity contribution in [1.82, 2.24) is 0 Å². The lowest BCUT2D eigenvalue weighted by molar-refractivity contribution is -0.0887. The molecule has 1 heteroatoms. The molecule has 0 radical (unpaired) electrons. The Bertz CT molecular complexity index is 501. The zero-order valence-corrected chi connectivity index (χ0v) is 22.7. The second kappa shape index (κ2) is 8.72. The van der Waals surface area contributed by atoms with Crippen molar-refractivity contribution in [2.24, 2.45) is 57.2 Å². The highest BCUT2D eigenvalue weighted by molar-refractivity contribution is 4.97. The Kier molecular flexibility index (Phi) is 7.62. The summed E-state index contributed by atoms with van der Waals surface area (Å²) in [5.41, 5.74) is 1.17. The van der Waals surface area contributed by atoms with Crippen LogP contribution in [-0.2, 0) is 0 Å². The standard InChI is InChI=1S/C29H56O/c1-26(2,3)21-14-19(15-22(18-21)27(4,5)6)13-20-16-23(28(7,8)9)25(30)24(17-20)29(10,11)12/h19-25,30H,13-18H2,1-12H3. The van der Waals surface area contributed by atoms with E-state index in [1.807, 2.05) is 0 Å². The van der Waals surface area contributed by atoms with E-state index in [1.54, 1.807) is 0 Å². The lowest BCUT2D eigenvalue weighted by Gasteiger charge is -2.51. The van der Waals surface area contributed by atoms with Crippen LogP contribution in [0, 0.1) is 57.2 Å². The minimum Gasteiger partial charge on any atom is -0.393 e. The second-order valence-corrected chi connectivity index (χ2v) is 15.7. The summed E-state index contributed by atoms with van der Waals surface area (Å²) in [6.07, 6.45) is 7.89. The Morgan fingerprint density at radius 3 is 1.13 bits per heavy atom. The summed E-state index contributed by atoms with van der Waals surface area (Å²) in [5, 5.41) is 11.3. The smallest absolute Gasteiger partial charge is 0.0606 e. The maximum absolute atomic E-state index is 11.3. The molecule has 30 heavy (non-hydrogen) atoms. The van der Waals surface area contributed by atoms with Crippen molar-refractivity contribution in [3.05, 3.63) is 0 Å². The first-order valence-corrected chi connectivity index (χ1v) is 13.0. The number of hydrogen-bond donors (Lipinski definition) is 1. The molecule has 0 aromatic rings. The molecule has 1 N–H and O–H groups in total. The molecule has 0 heterocycles. The van der Waals surface area contributed by atoms with Crippen molar-refractivity contribution in [1.29, 1.82) is 0 Å². The van der Waals surface area contributed by atoms with Crippen molar-refractivity contribution < 1.29 is 5.11 Å². The maximum atomic E-state index is 11.3. The molecule has 4 atom stereocenters. The van der Waals surface area contributed by atoms with Crippen LogP contribution in [0.3, 0.4) is 0 Å². The molecule has 4 unspecified atom stereocenters. The minimum absolute atomic E-state index is 0.155. The quantitative estimate of drug-likeness (QED) is 0.474. The molecule has 2 aliphatic rings. The summed E-state index contributed by atoms with van der Waals surface area (Å²) in [4.78, 5) is 0. The van der Waals surface area contributed by atoms with Crippen LogP contribution in [0.1, 0.15) is 122 Å². The van der Waals surface area contributed by atoms with Crippen LogP contribution >= 0.6 is 0 Å². The predicted octanol–water partition coefficient (Wildman–Crippen LogP) is 8.60. The van der Waals surface area contributed by atoms with Gasteiger partial charge in [-0.15, -0.1) is 0 Å². The van der Waals surface area contributed by atoms with Gasteiger partial charge in [-0.25, -0.2) is 0 Å². The molecule has 0 aliphatic heterocycles. The summed E-state index contributed by atoms with van der Waals surface area (Å²) in [6.45, 7) is 28.8. The first kappa shape index (κ1) is 26.2. The molecule has 2 saturated carbocycles. The van der Waals surface area contributed by atoms with Gasteiger partial charge in [0.05, 0.1) is 6.10 Å². The Morgan fingerprint density at radius 2 is 0.833 bits per heavy atom. The first-order chi connectivity index (χ1) is 13.3. The fraction of sp³-hybridized carbons (Fsp3) is 1.00. The molecule has 0 spiro atoms. The minimum atomic E-state index is -0.155. The molecular formula is C29H56O. The Labute approximate surface area is 190 Å². The molecule has 0 aromatic heterocycles. The van der Waals surface area contributed by atoms with Gasteiger partial charge in [0, 0.05) is 0 Å². The lowest BCUT2D eigenvalue weighted by Crippen LogP contribution is -2.48. The summed E-state index contributed by atoms with van der Waals surface area (Å²) in [6, 6.07) is 0. The molecule has 0 amide bonds. The van der Waals surface area contributed by atoms with Gasteiger partial charge in [-0.2, -0.15) is 0 Å². The van der Waals surface area contributed by atoms with Crippen molar-refractivity contribution in [3.8, 4) is 0 Å². The van der Waals surface area contributed by atoms with E-state index in [0.29, 0.717) is 22.7 Å². The Morgan fingerprint density at radius 1 is 0.500 bits per heavy atom. The van der Waals surface area contributed by atoms with Crippen molar-refractivity contribution in [2.45, 2.75) is 128 Å². The molecule has 0 bridgehead atoms. The Balaban J connectivity index is 2.23. The first-order valence-electron chi connectivity index (χ1n) is 13.0. The van der Waals surface area contributed by atoms with Crippen molar-refractivity contribution in [3.63, 3.8) is 0 Å². The van der Waals surface area contributed by atoms with Crippen LogP contribution in [0.4, 0.5) is 0 Å². The van der Waals surface area contributed by atoms with Gasteiger partial charge < -0.3 is 5.11 Å². The number of aliphatic hydroxyl groups excluding tert-OH is 1. The van der Waals surface area contributed by atoms with Gasteiger partial charge in [0.15, 0.2) is 0 Å². The van der Waals surface area contributed by atoms with E-state index < -0.39 is 0 Å². The summed E-state index contributed by atoms with van der Waals surface area (Å²) in [5.74, 6) is 4.14. The summed E-state index contributed by atoms with van der Waals surface area (Å²) < 4.78 is 0. The van der Waals surface area contributed by atoms with Gasteiger partial charge in [0.2, 0.25) is 0 Å². The molecule has 2 aliphatic carbocycles. The highest BCUT2D eigenvalue weighted by Crippen LogP contribution is 2.53. The second-order valence-electron chi connectivity index (χ2n) is 15.7. The largest absolute Gasteiger partial charge is 0.393 e. The molecule has 0 saturated heterocycles. The average Bonchev–Trinajstić information content (AvgIpc) is 2.52. The van der Waals surface area contributed by atoms with E-state index >= 15 is 0 Å². The van der Waals surface area contributed by atoms with Gasteiger partial charge >= 0.3 is 0 Å². The van der Waals surface area contributed by atoms with Gasteiger partial charge in [-0.05, 0) is 95.7 Å². The monoisotopic (exact) mass is 420 g/mol. The SMILES string of the molecule is CC(C)(C)C1CC(CC2CC(C(C)(C)C)C(O)C(C(C)(C)C)C2)CC(C(C)(C)C)C1. The zero-order valence-electron chi connectivity index (χ0n) is 22.7. The summed E-state index contributed by atoms with van der Waals surface area (Å²) in [7, 11) is 0. The van der Waals surface area contributed by atoms with Crippen LogP contribution in [0.2, 0.25) is 0 Å². The normalized spacial score (nSPS) is 37.3. The Hall–Kier alpha value is -0.0400. The van der Waals surface area contributed by atoms with E-state index in [1.165, 1.54) is 38.5 Å². The maximum Gasteiger partial charge on any atom is 0.0606 e. The molecule has 0 aromatic carbocycles. The fourth-order valence-corrected chi connectivity index (χ4v) is 6.81. The average molecular weight is 421 g/mol. The highest BCUT2D eigenvalue weighted by atomic mass is 16.3. The van der Waals surface area contributed by atoms with E-state index in [-0.39, 0.29) is 16.9 Å². The van der Waals surface area contributed by atoms with Crippen LogP contribution < -0.4 is 0 Å². The molecule has 2 fully saturated rings. The fourth-order valence-electron chi connectivity index (χ4n) is 6.81. The van der Waals surface area contributed by atoms with Gasteiger partial charge in [0.25, 0.3) is 0 Å². The molecular weight excluding hydrogens is 364 g/mol. The number of aliphatic hydroxyl groups is 1. The van der Waals surface area contributed by atoms with Crippen molar-refractivity contribution >= 4 is 0 Å². The summed E-state index contributed by atoms with van der Waals surface area (Å²) >= 11 is 0. The van der Waals surface area contributed by atoms with Crippen LogP contribution in [0.5, 0.6) is 0 Å². The lowest BCUT2D eigenvalue weighted by atomic mass is 9.55. The third-order valence-electron chi connectivity index (χ3n) is 9.14. The molecule has 1 nitrogen and oxygen atoms in total. The predicted molar refractivity (Wildman–Crippen MR) is 132 cm³/mol. The third kappa shape index (κ3) is 6.49. The number of rotatable bonds is 2. The van der Waals surface area contributed by atoms with Crippen LogP contribution in [0.15, 0.2) is 0 Å². The van der Waals surface area contributed by atoms with Crippen molar-refractivity contribution in [2.75, 3.05) is 0 Å². The molecule has 2 rings (SSSR count). The van der Waals surface area contributed by atoms with E-state index in [9.17, 15) is 5.11 Å². The van der Waals surface area contributed by atoms with Gasteiger partial charge in [0.1, 0.15) is 0 Å². The van der Waals surface area contributed by atoms with Crippen LogP contribution in [0.25, 0.3) is 0 Å². The van der Waals surface area contributed by atoms with Crippen LogP contribution in [-0.4, -0.2) is 11.2 Å². The van der Waals surface area contributed by atoms with E-state index in [2.05, 4.69) is 83.1 Å². The highest BCUT2D eigenvalue weighted by Gasteiger charge is 2.47. The van der Waals surface area contributed by atoms with Gasteiger partial charge in [-0.1, -0.05) is 83.1 Å². The number of hydrogen-bond acceptors (Lipinski definition) is 1. The molecule has 178 valence electrons. The van der Waals surface area contributed by atoms with Gasteiger partial charge in [-0.3, -0.25) is 0 Å². The zero-order chi connectivity index (χ0) is 23.3. The third-order valence-corrected chi connectivity index (χ3v) is 9.14. The topological polar surface area (TPSA) is 20.2 Å². The van der Waals surface area contributed by atoms with E-state index in [4.69, 9.17) is 0 Å². The van der Waals surface area contributed by atoms with E-state index in [0.717, 1.165) is 23.7 Å².